The molecule has 10 heavy (non-hydrogen) atoms. The van der Waals surface area contributed by atoms with Crippen LogP contribution in [0.15, 0.2) is 17.0 Å². The van der Waals surface area contributed by atoms with Gasteiger partial charge in [-0.15, -0.1) is 0 Å². The van der Waals surface area contributed by atoms with Crippen molar-refractivity contribution in [3.8, 4) is 0 Å². The van der Waals surface area contributed by atoms with E-state index >= 15 is 0 Å². The second kappa shape index (κ2) is 2.73. The highest BCUT2D eigenvalue weighted by Crippen LogP contribution is 2.00. The van der Waals surface area contributed by atoms with E-state index in [2.05, 4.69) is 10.3 Å². The maximum absolute atomic E-state index is 9.00. The molecule has 0 radical (unpaired) electrons. The highest BCUT2D eigenvalue weighted by atomic mass is 16.3. The molecule has 0 aliphatic carbocycles. The number of hydrogen-bond acceptors (Lipinski definition) is 3. The van der Waals surface area contributed by atoms with Gasteiger partial charge in [-0.25, -0.2) is 0 Å². The highest BCUT2D eigenvalue weighted by molar-refractivity contribution is 5.85. The zero-order valence-corrected chi connectivity index (χ0v) is 6.26. The highest BCUT2D eigenvalue weighted by Gasteiger charge is 2.08. The lowest BCUT2D eigenvalue weighted by atomic mass is 10.2. The Labute approximate surface area is 60.5 Å². The molecule has 3 nitrogen and oxygen atoms in total. The lowest BCUT2D eigenvalue weighted by Gasteiger charge is -2.15. The van der Waals surface area contributed by atoms with E-state index < -0.39 is 0 Å². The molecule has 0 aromatic carbocycles. The first kappa shape index (κ1) is 7.12. The number of aliphatic imine (C=N–C) groups is 1. The standard InChI is InChI=1S/C7H12N2O/c1-5(2)7-8-4-3-6(10)9-7/h3,5,10H,4H2,1-2H3,(H,8,9). The van der Waals surface area contributed by atoms with E-state index in [1.54, 1.807) is 6.08 Å². The predicted octanol–water partition coefficient (Wildman–Crippen LogP) is 1.04. The smallest absolute Gasteiger partial charge is 0.187 e. The molecule has 1 aliphatic heterocycles. The molecule has 0 aromatic rings. The molecule has 0 saturated carbocycles. The van der Waals surface area contributed by atoms with Gasteiger partial charge < -0.3 is 10.4 Å². The molecule has 0 atom stereocenters. The van der Waals surface area contributed by atoms with Crippen LogP contribution in [0.4, 0.5) is 0 Å². The van der Waals surface area contributed by atoms with Crippen molar-refractivity contribution in [1.29, 1.82) is 0 Å². The summed E-state index contributed by atoms with van der Waals surface area (Å²) < 4.78 is 0. The number of nitrogens with zero attached hydrogens (tertiary/aromatic N) is 1. The Morgan fingerprint density at radius 1 is 1.70 bits per heavy atom. The van der Waals surface area contributed by atoms with Gasteiger partial charge in [0.05, 0.1) is 6.54 Å². The third kappa shape index (κ3) is 1.50. The van der Waals surface area contributed by atoms with Crippen molar-refractivity contribution in [2.75, 3.05) is 6.54 Å². The maximum Gasteiger partial charge on any atom is 0.187 e. The van der Waals surface area contributed by atoms with Crippen LogP contribution in [0.25, 0.3) is 0 Å². The van der Waals surface area contributed by atoms with Gasteiger partial charge in [0.1, 0.15) is 5.84 Å². The molecule has 3 heteroatoms. The molecule has 1 aliphatic rings. The van der Waals surface area contributed by atoms with Crippen molar-refractivity contribution in [2.24, 2.45) is 10.9 Å². The molecule has 0 aromatic heterocycles. The first-order valence-corrected chi connectivity index (χ1v) is 3.40. The van der Waals surface area contributed by atoms with Gasteiger partial charge in [-0.2, -0.15) is 0 Å². The Balaban J connectivity index is 2.57. The molecule has 0 spiro atoms. The molecule has 1 rings (SSSR count). The van der Waals surface area contributed by atoms with Crippen LogP contribution >= 0.6 is 0 Å². The van der Waals surface area contributed by atoms with E-state index in [1.165, 1.54) is 0 Å². The summed E-state index contributed by atoms with van der Waals surface area (Å²) in [7, 11) is 0. The third-order valence-corrected chi connectivity index (χ3v) is 1.35. The topological polar surface area (TPSA) is 44.6 Å². The van der Waals surface area contributed by atoms with Gasteiger partial charge in [0, 0.05) is 5.92 Å². The van der Waals surface area contributed by atoms with Crippen molar-refractivity contribution >= 4 is 5.84 Å². The minimum atomic E-state index is 0.221. The number of rotatable bonds is 1. The summed E-state index contributed by atoms with van der Waals surface area (Å²) in [5.74, 6) is 1.44. The van der Waals surface area contributed by atoms with Crippen LogP contribution in [-0.4, -0.2) is 17.5 Å². The van der Waals surface area contributed by atoms with Crippen molar-refractivity contribution in [1.82, 2.24) is 5.32 Å². The molecule has 2 N–H and O–H groups in total. The number of nitrogens with one attached hydrogen (secondary N) is 1. The number of aliphatic hydroxyl groups excluding tert-OH is 1. The normalized spacial score (nSPS) is 17.9. The number of aliphatic hydroxyl groups is 1. The van der Waals surface area contributed by atoms with E-state index in [1.807, 2.05) is 13.8 Å². The SMILES string of the molecule is CC(C)C1=NCC=C(O)N1. The van der Waals surface area contributed by atoms with E-state index in [0.717, 1.165) is 5.84 Å². The fourth-order valence-corrected chi connectivity index (χ4v) is 0.779. The fourth-order valence-electron chi connectivity index (χ4n) is 0.779. The number of amidine groups is 1. The summed E-state index contributed by atoms with van der Waals surface area (Å²) in [6.07, 6.45) is 1.64. The largest absolute Gasteiger partial charge is 0.495 e. The van der Waals surface area contributed by atoms with Crippen molar-refractivity contribution in [2.45, 2.75) is 13.8 Å². The van der Waals surface area contributed by atoms with Crippen LogP contribution in [0, 0.1) is 5.92 Å². The molecule has 1 heterocycles. The average Bonchev–Trinajstić information content (AvgIpc) is 1.88. The zero-order chi connectivity index (χ0) is 7.56. The zero-order valence-electron chi connectivity index (χ0n) is 6.26. The van der Waals surface area contributed by atoms with E-state index in [-0.39, 0.29) is 5.88 Å². The van der Waals surface area contributed by atoms with E-state index in [0.29, 0.717) is 12.5 Å². The van der Waals surface area contributed by atoms with E-state index in [4.69, 9.17) is 5.11 Å². The van der Waals surface area contributed by atoms with Crippen LogP contribution < -0.4 is 5.32 Å². The minimum absolute atomic E-state index is 0.221. The lowest BCUT2D eigenvalue weighted by molar-refractivity contribution is 0.381. The maximum atomic E-state index is 9.00. The molecule has 56 valence electrons. The predicted molar refractivity (Wildman–Crippen MR) is 41.0 cm³/mol. The first-order valence-electron chi connectivity index (χ1n) is 3.40. The summed E-state index contributed by atoms with van der Waals surface area (Å²) in [5, 5.41) is 11.8. The summed E-state index contributed by atoms with van der Waals surface area (Å²) >= 11 is 0. The quantitative estimate of drug-likeness (QED) is 0.571. The lowest BCUT2D eigenvalue weighted by Crippen LogP contribution is -2.30. The second-order valence-corrected chi connectivity index (χ2v) is 2.59. The minimum Gasteiger partial charge on any atom is -0.495 e. The third-order valence-electron chi connectivity index (χ3n) is 1.35. The van der Waals surface area contributed by atoms with Gasteiger partial charge in [-0.05, 0) is 6.08 Å². The van der Waals surface area contributed by atoms with Gasteiger partial charge in [-0.3, -0.25) is 4.99 Å². The van der Waals surface area contributed by atoms with Crippen molar-refractivity contribution in [3.05, 3.63) is 12.0 Å². The monoisotopic (exact) mass is 140 g/mol. The summed E-state index contributed by atoms with van der Waals surface area (Å²) in [5.41, 5.74) is 0. The Morgan fingerprint density at radius 3 is 2.80 bits per heavy atom. The molecule has 0 amide bonds. The molecular formula is C7H12N2O. The summed E-state index contributed by atoms with van der Waals surface area (Å²) in [4.78, 5) is 4.15. The molecule has 0 unspecified atom stereocenters. The molecular weight excluding hydrogens is 128 g/mol. The van der Waals surface area contributed by atoms with Crippen LogP contribution in [0.1, 0.15) is 13.8 Å². The Bertz CT molecular complexity index is 182. The van der Waals surface area contributed by atoms with Gasteiger partial charge in [0.25, 0.3) is 0 Å². The first-order chi connectivity index (χ1) is 4.70. The molecule has 0 saturated heterocycles. The average molecular weight is 140 g/mol. The van der Waals surface area contributed by atoms with Crippen molar-refractivity contribution < 1.29 is 5.11 Å². The van der Waals surface area contributed by atoms with Crippen molar-refractivity contribution in [3.63, 3.8) is 0 Å². The molecule has 0 fully saturated rings. The number of hydrogen-bond donors (Lipinski definition) is 2. The summed E-state index contributed by atoms with van der Waals surface area (Å²) in [6, 6.07) is 0. The summed E-state index contributed by atoms with van der Waals surface area (Å²) in [6.45, 7) is 4.65. The molecule has 0 bridgehead atoms. The van der Waals surface area contributed by atoms with E-state index in [9.17, 15) is 0 Å². The fraction of sp³-hybridized carbons (Fsp3) is 0.571. The van der Waals surface area contributed by atoms with Gasteiger partial charge >= 0.3 is 0 Å². The van der Waals surface area contributed by atoms with Gasteiger partial charge in [0.2, 0.25) is 0 Å². The van der Waals surface area contributed by atoms with Crippen LogP contribution in [0.5, 0.6) is 0 Å². The van der Waals surface area contributed by atoms with Gasteiger partial charge in [0.15, 0.2) is 5.88 Å². The van der Waals surface area contributed by atoms with Crippen LogP contribution in [-0.2, 0) is 0 Å². The Kier molecular flexibility index (Phi) is 1.94. The van der Waals surface area contributed by atoms with Crippen LogP contribution in [0.3, 0.4) is 0 Å². The Hall–Kier alpha value is -0.990. The Morgan fingerprint density at radius 2 is 2.40 bits per heavy atom. The van der Waals surface area contributed by atoms with Gasteiger partial charge in [-0.1, -0.05) is 13.8 Å². The second-order valence-electron chi connectivity index (χ2n) is 2.59. The van der Waals surface area contributed by atoms with Crippen LogP contribution in [0.2, 0.25) is 0 Å².